The molecule has 22 heavy (non-hydrogen) atoms. The second-order valence-corrected chi connectivity index (χ2v) is 6.30. The van der Waals surface area contributed by atoms with Crippen LogP contribution in [0.3, 0.4) is 0 Å². The summed E-state index contributed by atoms with van der Waals surface area (Å²) in [7, 11) is 1.70. The molecule has 2 rings (SSSR count). The molecule has 3 N–H and O–H groups in total. The first-order valence-electron chi connectivity index (χ1n) is 8.01. The number of hydrogen-bond donors (Lipinski definition) is 2. The lowest BCUT2D eigenvalue weighted by molar-refractivity contribution is 0.415. The summed E-state index contributed by atoms with van der Waals surface area (Å²) in [6, 6.07) is 8.24. The van der Waals surface area contributed by atoms with Gasteiger partial charge in [-0.3, -0.25) is 4.99 Å². The van der Waals surface area contributed by atoms with Crippen molar-refractivity contribution >= 4 is 11.6 Å². The van der Waals surface area contributed by atoms with E-state index in [0.29, 0.717) is 17.8 Å². The van der Waals surface area contributed by atoms with E-state index >= 15 is 0 Å². The average Bonchev–Trinajstić information content (AvgIpc) is 3.00. The van der Waals surface area contributed by atoms with E-state index in [-0.39, 0.29) is 0 Å². The van der Waals surface area contributed by atoms with Gasteiger partial charge in [-0.1, -0.05) is 19.9 Å². The molecule has 1 fully saturated rings. The van der Waals surface area contributed by atoms with Crippen LogP contribution < -0.4 is 20.7 Å². The van der Waals surface area contributed by atoms with E-state index in [9.17, 15) is 0 Å². The zero-order valence-electron chi connectivity index (χ0n) is 13.9. The van der Waals surface area contributed by atoms with Crippen molar-refractivity contribution in [2.24, 2.45) is 22.6 Å². The average molecular weight is 304 g/mol. The van der Waals surface area contributed by atoms with Gasteiger partial charge in [0.1, 0.15) is 5.75 Å². The van der Waals surface area contributed by atoms with Gasteiger partial charge in [0.15, 0.2) is 5.96 Å². The topological polar surface area (TPSA) is 62.9 Å². The Balaban J connectivity index is 1.81. The van der Waals surface area contributed by atoms with Crippen LogP contribution in [0.4, 0.5) is 5.69 Å². The van der Waals surface area contributed by atoms with Crippen LogP contribution in [0.15, 0.2) is 29.3 Å². The summed E-state index contributed by atoms with van der Waals surface area (Å²) in [5.41, 5.74) is 7.12. The molecule has 0 radical (unpaired) electrons. The molecule has 1 aliphatic heterocycles. The molecule has 0 bridgehead atoms. The number of methoxy groups -OCH3 is 1. The largest absolute Gasteiger partial charge is 0.497 e. The molecular formula is C17H28N4O. The van der Waals surface area contributed by atoms with E-state index in [4.69, 9.17) is 10.5 Å². The fourth-order valence-electron chi connectivity index (χ4n) is 2.63. The van der Waals surface area contributed by atoms with Crippen LogP contribution in [-0.2, 0) is 0 Å². The third-order valence-electron chi connectivity index (χ3n) is 3.90. The number of nitrogens with two attached hydrogens (primary N) is 1. The number of benzene rings is 1. The second-order valence-electron chi connectivity index (χ2n) is 6.30. The molecule has 0 spiro atoms. The highest BCUT2D eigenvalue weighted by atomic mass is 16.5. The molecule has 0 amide bonds. The number of rotatable bonds is 6. The molecule has 0 aliphatic carbocycles. The molecule has 1 aromatic carbocycles. The predicted molar refractivity (Wildman–Crippen MR) is 92.6 cm³/mol. The Labute approximate surface area is 133 Å². The maximum absolute atomic E-state index is 5.89. The van der Waals surface area contributed by atoms with E-state index in [1.807, 2.05) is 12.1 Å². The summed E-state index contributed by atoms with van der Waals surface area (Å²) in [4.78, 5) is 6.74. The summed E-state index contributed by atoms with van der Waals surface area (Å²) in [6.45, 7) is 8.05. The highest BCUT2D eigenvalue weighted by Gasteiger charge is 2.22. The molecule has 1 aliphatic rings. The first-order chi connectivity index (χ1) is 10.6. The summed E-state index contributed by atoms with van der Waals surface area (Å²) >= 11 is 0. The van der Waals surface area contributed by atoms with Crippen molar-refractivity contribution in [2.45, 2.75) is 20.3 Å². The first-order valence-corrected chi connectivity index (χ1v) is 8.01. The van der Waals surface area contributed by atoms with Gasteiger partial charge in [0.05, 0.1) is 7.11 Å². The van der Waals surface area contributed by atoms with Crippen molar-refractivity contribution < 1.29 is 4.74 Å². The lowest BCUT2D eigenvalue weighted by atomic mass is 10.1. The van der Waals surface area contributed by atoms with Crippen LogP contribution in [-0.4, -0.2) is 39.2 Å². The lowest BCUT2D eigenvalue weighted by Crippen LogP contribution is -2.36. The standard InChI is InChI=1S/C17H28N4O/c1-13(2)10-19-17(18)20-11-14-7-8-21(12-14)15-5-4-6-16(9-15)22-3/h4-6,9,13-14H,7-8,10-12H2,1-3H3,(H3,18,19,20). The fourth-order valence-corrected chi connectivity index (χ4v) is 2.63. The maximum Gasteiger partial charge on any atom is 0.188 e. The molecule has 1 aromatic rings. The summed E-state index contributed by atoms with van der Waals surface area (Å²) < 4.78 is 5.30. The van der Waals surface area contributed by atoms with Gasteiger partial charge in [-0.05, 0) is 30.4 Å². The van der Waals surface area contributed by atoms with E-state index in [1.54, 1.807) is 7.11 Å². The normalized spacial score (nSPS) is 18.8. The van der Waals surface area contributed by atoms with Gasteiger partial charge in [-0.15, -0.1) is 0 Å². The molecule has 1 heterocycles. The van der Waals surface area contributed by atoms with Gasteiger partial charge in [0, 0.05) is 37.9 Å². The highest BCUT2D eigenvalue weighted by Crippen LogP contribution is 2.26. The molecule has 1 saturated heterocycles. The Kier molecular flexibility index (Phi) is 5.92. The SMILES string of the molecule is COc1cccc(N2CCC(CNC(N)=NCC(C)C)C2)c1. The highest BCUT2D eigenvalue weighted by molar-refractivity contribution is 5.77. The minimum Gasteiger partial charge on any atom is -0.497 e. The van der Waals surface area contributed by atoms with Crippen LogP contribution in [0, 0.1) is 11.8 Å². The van der Waals surface area contributed by atoms with Crippen molar-refractivity contribution in [3.63, 3.8) is 0 Å². The smallest absolute Gasteiger partial charge is 0.188 e. The monoisotopic (exact) mass is 304 g/mol. The first kappa shape index (κ1) is 16.5. The van der Waals surface area contributed by atoms with Crippen molar-refractivity contribution in [3.8, 4) is 5.75 Å². The van der Waals surface area contributed by atoms with E-state index in [1.165, 1.54) is 12.1 Å². The van der Waals surface area contributed by atoms with Crippen LogP contribution in [0.1, 0.15) is 20.3 Å². The van der Waals surface area contributed by atoms with Crippen LogP contribution >= 0.6 is 0 Å². The zero-order chi connectivity index (χ0) is 15.9. The van der Waals surface area contributed by atoms with Crippen molar-refractivity contribution in [2.75, 3.05) is 38.2 Å². The number of anilines is 1. The molecule has 1 atom stereocenters. The van der Waals surface area contributed by atoms with Crippen LogP contribution in [0.25, 0.3) is 0 Å². The molecule has 5 heteroatoms. The molecule has 1 unspecified atom stereocenters. The molecule has 5 nitrogen and oxygen atoms in total. The van der Waals surface area contributed by atoms with Gasteiger partial charge in [0.2, 0.25) is 0 Å². The van der Waals surface area contributed by atoms with Crippen molar-refractivity contribution in [1.29, 1.82) is 0 Å². The Bertz CT molecular complexity index is 501. The quantitative estimate of drug-likeness (QED) is 0.624. The molecule has 0 saturated carbocycles. The maximum atomic E-state index is 5.89. The number of nitrogens with zero attached hydrogens (tertiary/aromatic N) is 2. The lowest BCUT2D eigenvalue weighted by Gasteiger charge is -2.19. The Morgan fingerprint density at radius 3 is 3.05 bits per heavy atom. The van der Waals surface area contributed by atoms with Gasteiger partial charge in [-0.2, -0.15) is 0 Å². The van der Waals surface area contributed by atoms with Gasteiger partial charge in [0.25, 0.3) is 0 Å². The second kappa shape index (κ2) is 7.92. The Morgan fingerprint density at radius 2 is 2.32 bits per heavy atom. The molecular weight excluding hydrogens is 276 g/mol. The number of aliphatic imine (C=N–C) groups is 1. The predicted octanol–water partition coefficient (Wildman–Crippen LogP) is 2.08. The Hall–Kier alpha value is -1.91. The Morgan fingerprint density at radius 1 is 1.50 bits per heavy atom. The van der Waals surface area contributed by atoms with E-state index in [2.05, 4.69) is 41.2 Å². The zero-order valence-corrected chi connectivity index (χ0v) is 13.9. The van der Waals surface area contributed by atoms with Crippen LogP contribution in [0.5, 0.6) is 5.75 Å². The summed E-state index contributed by atoms with van der Waals surface area (Å²) in [5, 5.41) is 3.25. The number of ether oxygens (including phenoxy) is 1. The fraction of sp³-hybridized carbons (Fsp3) is 0.588. The molecule has 0 aromatic heterocycles. The van der Waals surface area contributed by atoms with Gasteiger partial charge in [-0.25, -0.2) is 0 Å². The van der Waals surface area contributed by atoms with Gasteiger partial charge >= 0.3 is 0 Å². The number of nitrogens with one attached hydrogen (secondary N) is 1. The van der Waals surface area contributed by atoms with Crippen LogP contribution in [0.2, 0.25) is 0 Å². The van der Waals surface area contributed by atoms with E-state index in [0.717, 1.165) is 31.9 Å². The summed E-state index contributed by atoms with van der Waals surface area (Å²) in [6.07, 6.45) is 1.17. The minimum atomic E-state index is 0.537. The van der Waals surface area contributed by atoms with Crippen molar-refractivity contribution in [3.05, 3.63) is 24.3 Å². The summed E-state index contributed by atoms with van der Waals surface area (Å²) in [5.74, 6) is 2.60. The minimum absolute atomic E-state index is 0.537. The van der Waals surface area contributed by atoms with E-state index < -0.39 is 0 Å². The third-order valence-corrected chi connectivity index (χ3v) is 3.90. The van der Waals surface area contributed by atoms with Crippen molar-refractivity contribution in [1.82, 2.24) is 5.32 Å². The van der Waals surface area contributed by atoms with Gasteiger partial charge < -0.3 is 20.7 Å². The number of guanidine groups is 1. The molecule has 122 valence electrons. The number of hydrogen-bond acceptors (Lipinski definition) is 3. The third kappa shape index (κ3) is 4.83.